The molecule has 8 aromatic heterocycles. The number of fused-ring (bicyclic) bond motifs is 7. The van der Waals surface area contributed by atoms with Crippen molar-refractivity contribution in [3.63, 3.8) is 0 Å². The van der Waals surface area contributed by atoms with Gasteiger partial charge in [0.2, 0.25) is 0 Å². The number of thiazole rings is 1. The van der Waals surface area contributed by atoms with Gasteiger partial charge in [0.05, 0.1) is 59.2 Å². The van der Waals surface area contributed by atoms with Crippen LogP contribution in [-0.4, -0.2) is 99.8 Å². The van der Waals surface area contributed by atoms with E-state index in [1.165, 1.54) is 145 Å². The standard InChI is InChI=1S/C15H14O2.C12H10.C10H8.C9H9N3.C9H17N.C9H7N.2C8H7N.C8H6O.C7H5NS.C6H6.C5H11N.C5H5N.C4H4N2.C3H4N2/c1-17-15(16)11-12-7-9-14(10-8-12)13-5-3-2-4-6-13;1-3-7-11(8-4-1)12-9-5-2-6-10-12;1-2-6-10-8-4-3-7-9(10)5-1;1-12-7-9(10-11-12)8-5-3-2-4-6-8;2*1-2-6-9-8(4-1)5-3-7-10-9;3*1-2-4-8-7(3-1)5-6-9-8;1-2-4-7-6(3-1)8-5-9-7;3*1-2-4-6-5-3-1;1-2-5-4-6-3-1;1-2-5-3-4-1/h2-10H,11H2,1H3;1-10H;1-8H;2-7H,1H3;8-10H,1-7H2;1-7H;1-4,6H,5H2;1-6,9H;1-6H;1-5H;1-6H;6H,1-5H2;1-5H;1-4H;1-3H,(H,4,5). The quantitative estimate of drug-likeness (QED) is 0.118. The number of aryl methyl sites for hydroxylation is 1. The highest BCUT2D eigenvalue weighted by molar-refractivity contribution is 7.16. The number of pyridine rings is 2. The third kappa shape index (κ3) is 38.9. The Morgan fingerprint density at radius 3 is 1.46 bits per heavy atom. The van der Waals surface area contributed by atoms with Gasteiger partial charge in [-0.15, -0.1) is 16.4 Å². The number of aromatic nitrogens is 11. The molecule has 686 valence electrons. The van der Waals surface area contributed by atoms with Crippen molar-refractivity contribution in [1.82, 2.24) is 65.5 Å². The van der Waals surface area contributed by atoms with Crippen LogP contribution in [0, 0.1) is 5.92 Å². The van der Waals surface area contributed by atoms with E-state index in [0.29, 0.717) is 6.42 Å². The van der Waals surface area contributed by atoms with Gasteiger partial charge in [-0.05, 0) is 186 Å². The molecule has 18 heteroatoms. The molecule has 17 nitrogen and oxygen atoms in total. The lowest BCUT2D eigenvalue weighted by molar-refractivity contribution is -0.139. The molecule has 3 aliphatic heterocycles. The lowest BCUT2D eigenvalue weighted by atomic mass is 9.80. The molecule has 11 heterocycles. The number of esters is 1. The summed E-state index contributed by atoms with van der Waals surface area (Å²) >= 11 is 1.68. The summed E-state index contributed by atoms with van der Waals surface area (Å²) in [6, 6.07) is 135. The fraction of sp³-hybridized carbons (Fsp3) is 0.153. The minimum absolute atomic E-state index is 0.211. The molecule has 136 heavy (non-hydrogen) atoms. The molecule has 2 atom stereocenters. The van der Waals surface area contributed by atoms with Crippen molar-refractivity contribution in [1.29, 1.82) is 0 Å². The number of rotatable bonds is 5. The SMILES string of the molecule is C1=Nc2ccccc2C1.C1CCC2NCCCC2C1.C1CCNCC1.COC(=O)Cc1ccc(-c2ccccc2)cc1.Cn1cc(-c2ccccc2)nn1.c1c[nH]cn1.c1ccc(-c2ccccc2)cc1.c1ccc2[nH]ccc2c1.c1ccc2ccccc2c1.c1ccc2ncccc2c1.c1ccc2occc2c1.c1ccc2scnc2c1.c1ccccc1.c1ccncc1.c1cncnc1. The number of methoxy groups -OCH3 is 1. The van der Waals surface area contributed by atoms with Crippen LogP contribution in [0.5, 0.6) is 0 Å². The zero-order chi connectivity index (χ0) is 94.1. The van der Waals surface area contributed by atoms with Crippen molar-refractivity contribution in [2.75, 3.05) is 26.7 Å². The minimum Gasteiger partial charge on any atom is -0.469 e. The molecule has 21 aromatic rings. The second kappa shape index (κ2) is 62.5. The molecule has 2 saturated heterocycles. The molecule has 3 fully saturated rings. The van der Waals surface area contributed by atoms with Gasteiger partial charge >= 0.3 is 5.97 Å². The second-order valence-corrected chi connectivity index (χ2v) is 32.0. The maximum atomic E-state index is 11.1. The molecule has 0 spiro atoms. The van der Waals surface area contributed by atoms with E-state index in [-0.39, 0.29) is 5.97 Å². The van der Waals surface area contributed by atoms with Gasteiger partial charge in [0.15, 0.2) is 0 Å². The van der Waals surface area contributed by atoms with Crippen LogP contribution in [0.3, 0.4) is 0 Å². The third-order valence-corrected chi connectivity index (χ3v) is 22.2. The van der Waals surface area contributed by atoms with Crippen LogP contribution < -0.4 is 10.6 Å². The number of nitrogens with zero attached hydrogens (tertiary/aromatic N) is 10. The van der Waals surface area contributed by atoms with E-state index in [0.717, 1.165) is 68.5 Å². The highest BCUT2D eigenvalue weighted by atomic mass is 32.1. The molecule has 13 aromatic carbocycles. The van der Waals surface area contributed by atoms with Gasteiger partial charge in [-0.1, -0.05) is 352 Å². The van der Waals surface area contributed by atoms with E-state index in [4.69, 9.17) is 4.42 Å². The number of aliphatic imine (C=N–C) groups is 1. The highest BCUT2D eigenvalue weighted by Gasteiger charge is 2.26. The number of furan rings is 1. The zero-order valence-electron chi connectivity index (χ0n) is 77.3. The number of hydrogen-bond donors (Lipinski definition) is 4. The van der Waals surface area contributed by atoms with E-state index < -0.39 is 0 Å². The van der Waals surface area contributed by atoms with Crippen molar-refractivity contribution >= 4 is 83.0 Å². The van der Waals surface area contributed by atoms with E-state index in [9.17, 15) is 4.79 Å². The molecule has 25 rings (SSSR count). The predicted octanol–water partition coefficient (Wildman–Crippen LogP) is 28.2. The van der Waals surface area contributed by atoms with E-state index in [2.05, 4.69) is 222 Å². The summed E-state index contributed by atoms with van der Waals surface area (Å²) in [6.45, 7) is 3.78. The zero-order valence-corrected chi connectivity index (χ0v) is 78.2. The molecule has 0 radical (unpaired) electrons. The molecular weight excluding hydrogens is 1690 g/mol. The normalized spacial score (nSPS) is 12.8. The number of aromatic amines is 2. The fourth-order valence-corrected chi connectivity index (χ4v) is 15.1. The number of imidazole rings is 1. The summed E-state index contributed by atoms with van der Waals surface area (Å²) in [6.07, 6.45) is 37.1. The first kappa shape index (κ1) is 101. The fourth-order valence-electron chi connectivity index (χ4n) is 14.4. The average Bonchev–Trinajstić information content (AvgIpc) is 1.41. The number of carbonyl (C=O) groups excluding carboxylic acids is 1. The molecule has 2 unspecified atom stereocenters. The van der Waals surface area contributed by atoms with Crippen molar-refractivity contribution in [2.45, 2.75) is 76.7 Å². The average molecular weight is 1810 g/mol. The molecule has 0 bridgehead atoms. The van der Waals surface area contributed by atoms with Gasteiger partial charge in [-0.25, -0.2) is 19.9 Å². The van der Waals surface area contributed by atoms with Crippen molar-refractivity contribution < 1.29 is 13.9 Å². The highest BCUT2D eigenvalue weighted by Crippen LogP contribution is 2.31. The van der Waals surface area contributed by atoms with Crippen molar-refractivity contribution in [2.24, 2.45) is 18.0 Å². The number of para-hydroxylation sites is 5. The Kier molecular flexibility index (Phi) is 46.3. The van der Waals surface area contributed by atoms with Crippen LogP contribution in [-0.2, 0) is 29.4 Å². The first-order chi connectivity index (χ1) is 67.4. The Morgan fingerprint density at radius 2 is 0.956 bits per heavy atom. The Labute approximate surface area is 803 Å². The number of benzene rings is 13. The van der Waals surface area contributed by atoms with Crippen LogP contribution in [0.2, 0.25) is 0 Å². The van der Waals surface area contributed by atoms with Gasteiger partial charge in [-0.2, -0.15) is 0 Å². The topological polar surface area (TPSA) is 215 Å². The Balaban J connectivity index is 0.000000141. The number of ether oxygens (including phenoxy) is 1. The van der Waals surface area contributed by atoms with E-state index in [1.807, 2.05) is 280 Å². The number of piperidine rings is 2. The molecule has 0 amide bonds. The van der Waals surface area contributed by atoms with Crippen LogP contribution >= 0.6 is 11.3 Å². The molecular formula is C118H120N14O3S. The van der Waals surface area contributed by atoms with Crippen LogP contribution in [0.4, 0.5) is 5.69 Å². The summed E-state index contributed by atoms with van der Waals surface area (Å²) in [5, 5.41) is 21.0. The van der Waals surface area contributed by atoms with Crippen LogP contribution in [0.1, 0.15) is 68.9 Å². The molecule has 4 N–H and O–H groups in total. The summed E-state index contributed by atoms with van der Waals surface area (Å²) in [7, 11) is 3.26. The number of nitrogens with one attached hydrogen (secondary N) is 4. The number of hydrogen-bond acceptors (Lipinski definition) is 15. The second-order valence-electron chi connectivity index (χ2n) is 31.1. The summed E-state index contributed by atoms with van der Waals surface area (Å²) in [5.41, 5.74) is 16.5. The maximum absolute atomic E-state index is 11.1. The number of carbonyl (C=O) groups is 1. The number of H-pyrrole nitrogens is 2. The van der Waals surface area contributed by atoms with Crippen LogP contribution in [0.25, 0.3) is 87.3 Å². The van der Waals surface area contributed by atoms with Crippen molar-refractivity contribution in [3.05, 3.63) is 492 Å². The monoisotopic (exact) mass is 1810 g/mol. The lowest BCUT2D eigenvalue weighted by Gasteiger charge is -2.36. The molecule has 1 aliphatic carbocycles. The van der Waals surface area contributed by atoms with Crippen molar-refractivity contribution in [3.8, 4) is 33.5 Å². The first-order valence-electron chi connectivity index (χ1n) is 46.1. The first-order valence-corrected chi connectivity index (χ1v) is 47.0. The summed E-state index contributed by atoms with van der Waals surface area (Å²) in [5.74, 6) is 0.833. The van der Waals surface area contributed by atoms with Gasteiger partial charge in [-0.3, -0.25) is 24.4 Å². The van der Waals surface area contributed by atoms with Gasteiger partial charge in [0.25, 0.3) is 0 Å². The van der Waals surface area contributed by atoms with Gasteiger partial charge in [0.1, 0.15) is 17.6 Å². The molecule has 4 aliphatic rings. The largest absolute Gasteiger partial charge is 0.469 e. The lowest BCUT2D eigenvalue weighted by Crippen LogP contribution is -2.42. The Morgan fingerprint density at radius 1 is 0.426 bits per heavy atom. The van der Waals surface area contributed by atoms with Gasteiger partial charge in [0, 0.05) is 97.2 Å². The summed E-state index contributed by atoms with van der Waals surface area (Å²) in [4.78, 5) is 44.3. The Hall–Kier alpha value is -15.9. The minimum atomic E-state index is -0.211. The smallest absolute Gasteiger partial charge is 0.309 e. The predicted molar refractivity (Wildman–Crippen MR) is 565 cm³/mol. The van der Waals surface area contributed by atoms with E-state index >= 15 is 0 Å². The van der Waals surface area contributed by atoms with Crippen LogP contribution in [0.15, 0.2) is 490 Å². The summed E-state index contributed by atoms with van der Waals surface area (Å²) < 4.78 is 12.7. The Bertz CT molecular complexity index is 5920. The van der Waals surface area contributed by atoms with E-state index in [1.54, 1.807) is 71.9 Å². The van der Waals surface area contributed by atoms with Gasteiger partial charge < -0.3 is 29.8 Å². The maximum Gasteiger partial charge on any atom is 0.309 e. The third-order valence-electron chi connectivity index (χ3n) is 21.3. The molecule has 1 saturated carbocycles.